The smallest absolute Gasteiger partial charge is 0.328 e. The third-order valence-electron chi connectivity index (χ3n) is 23.3. The third kappa shape index (κ3) is 45.6. The highest BCUT2D eigenvalue weighted by atomic mass is 32.2. The Morgan fingerprint density at radius 2 is 0.740 bits per heavy atom. The third-order valence-corrected chi connectivity index (χ3v) is 24.3. The van der Waals surface area contributed by atoms with E-state index in [1.165, 1.54) is 71.4 Å². The van der Waals surface area contributed by atoms with Crippen LogP contribution in [0.2, 0.25) is 0 Å². The number of thiol groups is 1. The van der Waals surface area contributed by atoms with Crippen LogP contribution >= 0.6 is 24.4 Å². The predicted molar refractivity (Wildman–Crippen MR) is 551 cm³/mol. The molecule has 0 saturated carbocycles. The molecule has 2 aromatic carbocycles. The quantitative estimate of drug-likeness (QED) is 0.00845. The molecular weight excluding hydrogens is 2000 g/mol. The van der Waals surface area contributed by atoms with Gasteiger partial charge < -0.3 is 159 Å². The Morgan fingerprint density at radius 3 is 1.18 bits per heavy atom. The molecular formula is C94H148N30O24S2. The van der Waals surface area contributed by atoms with E-state index in [4.69, 9.17) is 28.0 Å². The van der Waals surface area contributed by atoms with Crippen LogP contribution in [-0.4, -0.2) is 342 Å². The summed E-state index contributed by atoms with van der Waals surface area (Å²) in [4.78, 5) is 291. The minimum absolute atomic E-state index is 0.00995. The minimum atomic E-state index is -1.80. The number of nitrogens with zero attached hydrogens (tertiary/aromatic N) is 2. The van der Waals surface area contributed by atoms with Gasteiger partial charge in [0.25, 0.3) is 0 Å². The molecule has 0 aliphatic heterocycles. The van der Waals surface area contributed by atoms with E-state index in [0.29, 0.717) is 28.9 Å². The van der Waals surface area contributed by atoms with E-state index < -0.39 is 277 Å². The molecule has 0 spiro atoms. The zero-order valence-corrected chi connectivity index (χ0v) is 87.7. The number of aromatic amines is 2. The van der Waals surface area contributed by atoms with Gasteiger partial charge in [0.05, 0.1) is 44.6 Å². The van der Waals surface area contributed by atoms with Gasteiger partial charge in [0, 0.05) is 68.3 Å². The van der Waals surface area contributed by atoms with E-state index in [0.717, 1.165) is 6.92 Å². The van der Waals surface area contributed by atoms with Gasteiger partial charge in [0.15, 0.2) is 11.9 Å². The van der Waals surface area contributed by atoms with E-state index in [-0.39, 0.29) is 101 Å². The van der Waals surface area contributed by atoms with E-state index in [1.54, 1.807) is 108 Å². The van der Waals surface area contributed by atoms with Crippen LogP contribution in [0.4, 0.5) is 0 Å². The molecule has 0 bridgehead atoms. The molecule has 0 saturated heterocycles. The number of benzene rings is 2. The number of aromatic nitrogens is 4. The topological polar surface area (TPSA) is 858 Å². The van der Waals surface area contributed by atoms with Crippen LogP contribution in [0, 0.1) is 28.6 Å². The number of carbonyl (C=O) groups excluding carboxylic acids is 19. The molecule has 0 aliphatic rings. The maximum Gasteiger partial charge on any atom is 0.328 e. The number of guanidine groups is 2. The Balaban J connectivity index is 1.47. The maximum atomic E-state index is 14.9. The molecule has 0 unspecified atom stereocenters. The number of aliphatic carboxylic acids is 1. The number of H-pyrrole nitrogens is 2. The normalized spacial score (nSPS) is 15.3. The van der Waals surface area contributed by atoms with E-state index >= 15 is 0 Å². The molecule has 2 aromatic heterocycles. The van der Waals surface area contributed by atoms with Gasteiger partial charge in [0.1, 0.15) is 109 Å². The molecule has 4 rings (SSSR count). The summed E-state index contributed by atoms with van der Waals surface area (Å²) in [5.41, 5.74) is 19.0. The predicted octanol–water partition coefficient (Wildman–Crippen LogP) is -8.92. The number of hydrogen-bond donors (Lipinski definition) is 33. The summed E-state index contributed by atoms with van der Waals surface area (Å²) in [6.45, 7) is 14.8. The van der Waals surface area contributed by atoms with Gasteiger partial charge in [-0.2, -0.15) is 24.4 Å². The van der Waals surface area contributed by atoms with E-state index in [1.807, 2.05) is 5.32 Å². The average molecular weight is 2150 g/mol. The first-order valence-electron chi connectivity index (χ1n) is 48.8. The van der Waals surface area contributed by atoms with Crippen molar-refractivity contribution >= 4 is 155 Å². The van der Waals surface area contributed by atoms with Crippen molar-refractivity contribution in [3.05, 3.63) is 108 Å². The zero-order valence-electron chi connectivity index (χ0n) is 86.0. The number of aliphatic hydroxyl groups is 3. The van der Waals surface area contributed by atoms with Crippen molar-refractivity contribution < 1.29 is 116 Å². The summed E-state index contributed by atoms with van der Waals surface area (Å²) >= 11 is 5.54. The molecule has 19 amide bonds. The molecule has 21 atom stereocenters. The van der Waals surface area contributed by atoms with Crippen LogP contribution in [0.3, 0.4) is 0 Å². The summed E-state index contributed by atoms with van der Waals surface area (Å²) < 4.78 is 0. The van der Waals surface area contributed by atoms with Gasteiger partial charge >= 0.3 is 5.97 Å². The number of aliphatic hydroxyl groups excluding tert-OH is 3. The first-order valence-corrected chi connectivity index (χ1v) is 50.8. The fourth-order valence-electron chi connectivity index (χ4n) is 14.4. The summed E-state index contributed by atoms with van der Waals surface area (Å²) in [5, 5.41) is 107. The highest BCUT2D eigenvalue weighted by Crippen LogP contribution is 2.17. The van der Waals surface area contributed by atoms with Crippen LogP contribution in [0.25, 0.3) is 0 Å². The molecule has 2 heterocycles. The molecule has 56 heteroatoms. The van der Waals surface area contributed by atoms with Crippen LogP contribution in [0.15, 0.2) is 85.7 Å². The standard InChI is InChI=1S/C94H148N30O24S2/c1-14-48(6)72(123-86(141)62(33-46(2)3)114-77(132)51(9)108-74(129)49(7)107-70(128)40-104-80(135)69(43-149)121-84(139)63(34-55-23-17-15-18-24-55)117-85(140)66(37-58-39-101-45-106-58)115-79(134)59(95)27-21-30-102-93(96)97)90(145)118-65(36-57-38-100-44-105-57)83(138)110-53(11)76(131)112-60(28-22-31-103-94(98)99)81(136)116-64(35-56-25-19-16-20-26-56)87(142)122-71(47(4)5)89(144)113-61(29-32-150-13)82(137)124-73(54(12)127)91(146)111-50(8)75(130)109-52(10)78(133)119-67(41-125)88(143)120-68(42-126)92(147)148/h15-20,23-26,38-39,44-54,59-69,71-73,125-127,149H,14,21-22,27-37,40-43,95H2,1-13H3,(H,100,105)(H,101,106)(H,104,135)(H,107,128)(H,108,129)(H,109,130)(H,110,138)(H,111,146)(H,112,131)(H,113,144)(H,114,132)(H,115,134)(H,116,136)(H,117,140)(H,118,145)(H,119,133)(H,120,143)(H,121,139)(H,122,142)(H,123,141)(H,124,137)(H,147,148)(H4,96,97,102)(H4,98,99,103)/t48-,49-,50-,51-,52-,53-,54+,59-,60-,61-,62-,63-,64-,65-,66-,67-,68-,69-,71-,72-,73-/m0/s1. The number of hydrogen-bond acceptors (Lipinski definition) is 30. The second-order valence-electron chi connectivity index (χ2n) is 36.7. The molecule has 54 nitrogen and oxygen atoms in total. The molecule has 0 aliphatic carbocycles. The highest BCUT2D eigenvalue weighted by Gasteiger charge is 2.41. The van der Waals surface area contributed by atoms with Crippen molar-refractivity contribution in [1.82, 2.24) is 132 Å². The molecule has 0 radical (unpaired) electrons. The Labute approximate surface area is 877 Å². The molecule has 0 fully saturated rings. The number of amides is 19. The lowest BCUT2D eigenvalue weighted by atomic mass is 9.96. The first-order chi connectivity index (χ1) is 70.8. The minimum Gasteiger partial charge on any atom is -0.480 e. The zero-order chi connectivity index (χ0) is 112. The Kier molecular flexibility index (Phi) is 56.1. The lowest BCUT2D eigenvalue weighted by molar-refractivity contribution is -0.143. The number of imidazole rings is 2. The number of nitrogens with one attached hydrogen (secondary N) is 25. The van der Waals surface area contributed by atoms with Gasteiger partial charge in [-0.1, -0.05) is 109 Å². The maximum absolute atomic E-state index is 14.9. The average Bonchev–Trinajstić information content (AvgIpc) is 1.00. The number of thioether (sulfide) groups is 1. The first kappa shape index (κ1) is 128. The Hall–Kier alpha value is -14.7. The van der Waals surface area contributed by atoms with Gasteiger partial charge in [0.2, 0.25) is 112 Å². The van der Waals surface area contributed by atoms with Crippen molar-refractivity contribution in [3.63, 3.8) is 0 Å². The molecule has 150 heavy (non-hydrogen) atoms. The van der Waals surface area contributed by atoms with Gasteiger partial charge in [-0.05, 0) is 121 Å². The Bertz CT molecular complexity index is 5150. The van der Waals surface area contributed by atoms with Crippen molar-refractivity contribution in [1.29, 1.82) is 10.8 Å². The van der Waals surface area contributed by atoms with Crippen molar-refractivity contribution in [2.45, 2.75) is 275 Å². The molecule has 830 valence electrons. The fourth-order valence-corrected chi connectivity index (χ4v) is 15.1. The SMILES string of the molecule is CC[C@H](C)[C@H](NC(=O)[C@H](CC(C)C)NC(=O)[C@H](C)NC(=O)[C@H](C)NC(=O)CNC(=O)[C@H](CS)NC(=O)[C@H](Cc1ccccc1)NC(=O)[C@H](Cc1cnc[nH]1)NC(=O)[C@@H](N)CCCNC(=N)N)C(=O)N[C@@H](Cc1cnc[nH]1)C(=O)N[C@@H](C)C(=O)N[C@@H](CCCNC(=N)N)C(=O)N[C@@H](Cc1ccccc1)C(=O)N[C@H](C(=O)N[C@@H](CCSC)C(=O)N[C@H](C(=O)N[C@@H](C)C(=O)N[C@@H](C)C(=O)N[C@@H](CO)C(=O)N[C@@H](CO)C(=O)O)[C@@H](C)O)C(C)C. The Morgan fingerprint density at radius 1 is 0.393 bits per heavy atom. The van der Waals surface area contributed by atoms with Crippen LogP contribution < -0.4 is 129 Å². The summed E-state index contributed by atoms with van der Waals surface area (Å²) in [6, 6.07) is -11.2. The van der Waals surface area contributed by atoms with Gasteiger partial charge in [-0.25, -0.2) is 14.8 Å². The van der Waals surface area contributed by atoms with Crippen molar-refractivity contribution in [2.24, 2.45) is 35.0 Å². The van der Waals surface area contributed by atoms with Crippen LogP contribution in [-0.2, 0) is 122 Å². The highest BCUT2D eigenvalue weighted by molar-refractivity contribution is 7.98. The number of carboxylic acids is 1. The summed E-state index contributed by atoms with van der Waals surface area (Å²) in [6.07, 6.45) is 5.24. The number of rotatable bonds is 67. The monoisotopic (exact) mass is 2150 g/mol. The van der Waals surface area contributed by atoms with E-state index in [2.05, 4.69) is 139 Å². The molecule has 4 aromatic rings. The van der Waals surface area contributed by atoms with Crippen LogP contribution in [0.1, 0.15) is 151 Å². The second-order valence-corrected chi connectivity index (χ2v) is 38.0. The molecule has 35 N–H and O–H groups in total. The summed E-state index contributed by atoms with van der Waals surface area (Å²) in [5.74, 6) is -21.9. The number of carbonyl (C=O) groups is 20. The second kappa shape index (κ2) is 65.9. The van der Waals surface area contributed by atoms with Crippen LogP contribution in [0.5, 0.6) is 0 Å². The number of nitrogens with two attached hydrogens (primary N) is 3. The van der Waals surface area contributed by atoms with Crippen molar-refractivity contribution in [2.75, 3.05) is 50.6 Å². The van der Waals surface area contributed by atoms with Gasteiger partial charge in [-0.15, -0.1) is 0 Å². The largest absolute Gasteiger partial charge is 0.480 e. The van der Waals surface area contributed by atoms with E-state index in [9.17, 15) is 116 Å². The summed E-state index contributed by atoms with van der Waals surface area (Å²) in [7, 11) is 0. The fraction of sp³-hybridized carbons (Fsp3) is 0.574. The lowest BCUT2D eigenvalue weighted by Gasteiger charge is -2.30. The number of carboxylic acid groups (broad SMARTS) is 1. The lowest BCUT2D eigenvalue weighted by Crippen LogP contribution is -2.62. The van der Waals surface area contributed by atoms with Gasteiger partial charge in [-0.3, -0.25) is 102 Å². The van der Waals surface area contributed by atoms with Crippen molar-refractivity contribution in [3.8, 4) is 0 Å².